The monoisotopic (exact) mass is 251 g/mol. The van der Waals surface area contributed by atoms with E-state index in [-0.39, 0.29) is 11.3 Å². The van der Waals surface area contributed by atoms with E-state index in [1.54, 1.807) is 0 Å². The van der Waals surface area contributed by atoms with Gasteiger partial charge < -0.3 is 15.0 Å². The first kappa shape index (κ1) is 12.9. The van der Waals surface area contributed by atoms with Gasteiger partial charge in [-0.3, -0.25) is 4.79 Å². The SMILES string of the molecule is COc1c(NC2CCCC(C)C2C)nc[nH]c1=O. The maximum absolute atomic E-state index is 11.6. The smallest absolute Gasteiger partial charge is 0.295 e. The van der Waals surface area contributed by atoms with Gasteiger partial charge in [0.2, 0.25) is 5.75 Å². The van der Waals surface area contributed by atoms with E-state index in [0.29, 0.717) is 23.7 Å². The number of methoxy groups -OCH3 is 1. The topological polar surface area (TPSA) is 67.0 Å². The zero-order valence-electron chi connectivity index (χ0n) is 11.2. The van der Waals surface area contributed by atoms with Crippen LogP contribution in [0.15, 0.2) is 11.1 Å². The fourth-order valence-corrected chi connectivity index (χ4v) is 2.64. The van der Waals surface area contributed by atoms with Gasteiger partial charge in [-0.15, -0.1) is 0 Å². The molecule has 2 rings (SSSR count). The minimum absolute atomic E-state index is 0.244. The van der Waals surface area contributed by atoms with E-state index in [4.69, 9.17) is 4.74 Å². The number of rotatable bonds is 3. The molecule has 0 bridgehead atoms. The van der Waals surface area contributed by atoms with Gasteiger partial charge in [0, 0.05) is 6.04 Å². The van der Waals surface area contributed by atoms with Crippen molar-refractivity contribution < 1.29 is 4.74 Å². The van der Waals surface area contributed by atoms with E-state index in [1.165, 1.54) is 26.3 Å². The van der Waals surface area contributed by atoms with Crippen molar-refractivity contribution in [2.75, 3.05) is 12.4 Å². The summed E-state index contributed by atoms with van der Waals surface area (Å²) in [6.07, 6.45) is 5.02. The van der Waals surface area contributed by atoms with Crippen molar-refractivity contribution in [2.24, 2.45) is 11.8 Å². The number of H-pyrrole nitrogens is 1. The van der Waals surface area contributed by atoms with Crippen LogP contribution in [0.4, 0.5) is 5.82 Å². The normalized spacial score (nSPS) is 27.8. The van der Waals surface area contributed by atoms with Crippen LogP contribution in [0.5, 0.6) is 5.75 Å². The molecule has 2 N–H and O–H groups in total. The highest BCUT2D eigenvalue weighted by Crippen LogP contribution is 2.32. The molecule has 0 radical (unpaired) electrons. The average Bonchev–Trinajstić information content (AvgIpc) is 2.35. The molecule has 1 aromatic heterocycles. The van der Waals surface area contributed by atoms with Crippen LogP contribution in [0, 0.1) is 11.8 Å². The molecule has 0 amide bonds. The molecule has 0 spiro atoms. The zero-order chi connectivity index (χ0) is 13.1. The first-order valence-electron chi connectivity index (χ1n) is 6.51. The number of ether oxygens (including phenoxy) is 1. The fraction of sp³-hybridized carbons (Fsp3) is 0.692. The molecule has 1 aromatic rings. The molecule has 5 heteroatoms. The third kappa shape index (κ3) is 2.49. The summed E-state index contributed by atoms with van der Waals surface area (Å²) in [6, 6.07) is 0.358. The van der Waals surface area contributed by atoms with Crippen LogP contribution in [0.25, 0.3) is 0 Å². The average molecular weight is 251 g/mol. The maximum Gasteiger partial charge on any atom is 0.295 e. The highest BCUT2D eigenvalue weighted by atomic mass is 16.5. The van der Waals surface area contributed by atoms with Gasteiger partial charge >= 0.3 is 0 Å². The number of aromatic nitrogens is 2. The van der Waals surface area contributed by atoms with E-state index >= 15 is 0 Å². The Balaban J connectivity index is 2.18. The summed E-state index contributed by atoms with van der Waals surface area (Å²) in [5.41, 5.74) is -0.244. The Labute approximate surface area is 107 Å². The summed E-state index contributed by atoms with van der Waals surface area (Å²) in [6.45, 7) is 4.53. The van der Waals surface area contributed by atoms with Crippen molar-refractivity contribution in [3.05, 3.63) is 16.7 Å². The number of nitrogens with zero attached hydrogens (tertiary/aromatic N) is 1. The number of hydrogen-bond donors (Lipinski definition) is 2. The van der Waals surface area contributed by atoms with Gasteiger partial charge in [0.25, 0.3) is 5.56 Å². The van der Waals surface area contributed by atoms with Crippen LogP contribution >= 0.6 is 0 Å². The lowest BCUT2D eigenvalue weighted by molar-refractivity contribution is 0.252. The van der Waals surface area contributed by atoms with Gasteiger partial charge in [-0.05, 0) is 18.3 Å². The maximum atomic E-state index is 11.6. The highest BCUT2D eigenvalue weighted by Gasteiger charge is 2.28. The number of hydrogen-bond acceptors (Lipinski definition) is 4. The second-order valence-corrected chi connectivity index (χ2v) is 5.13. The van der Waals surface area contributed by atoms with Crippen molar-refractivity contribution in [2.45, 2.75) is 39.2 Å². The Kier molecular flexibility index (Phi) is 3.89. The Bertz CT molecular complexity index is 458. The van der Waals surface area contributed by atoms with Gasteiger partial charge in [-0.2, -0.15) is 0 Å². The molecular formula is C13H21N3O2. The molecule has 3 atom stereocenters. The van der Waals surface area contributed by atoms with Crippen molar-refractivity contribution in [1.82, 2.24) is 9.97 Å². The lowest BCUT2D eigenvalue weighted by atomic mass is 9.78. The second-order valence-electron chi connectivity index (χ2n) is 5.13. The standard InChI is InChI=1S/C13H21N3O2/c1-8-5-4-6-10(9(8)2)16-12-11(18-3)13(17)15-7-14-12/h7-10H,4-6H2,1-3H3,(H2,14,15,16,17). The molecule has 3 unspecified atom stereocenters. The molecule has 0 saturated heterocycles. The van der Waals surface area contributed by atoms with E-state index < -0.39 is 0 Å². The van der Waals surface area contributed by atoms with Gasteiger partial charge in [-0.25, -0.2) is 4.98 Å². The van der Waals surface area contributed by atoms with Gasteiger partial charge in [0.15, 0.2) is 5.82 Å². The second kappa shape index (κ2) is 5.42. The fourth-order valence-electron chi connectivity index (χ4n) is 2.64. The number of anilines is 1. The third-order valence-electron chi connectivity index (χ3n) is 4.04. The summed E-state index contributed by atoms with van der Waals surface area (Å²) in [4.78, 5) is 18.3. The molecule has 1 aliphatic carbocycles. The van der Waals surface area contributed by atoms with E-state index in [0.717, 1.165) is 6.42 Å². The van der Waals surface area contributed by atoms with Crippen molar-refractivity contribution >= 4 is 5.82 Å². The molecule has 1 aliphatic rings. The summed E-state index contributed by atoms with van der Waals surface area (Å²) < 4.78 is 5.11. The minimum Gasteiger partial charge on any atom is -0.489 e. The minimum atomic E-state index is -0.244. The van der Waals surface area contributed by atoms with Crippen LogP contribution in [0.1, 0.15) is 33.1 Å². The molecule has 1 fully saturated rings. The number of nitrogens with one attached hydrogen (secondary N) is 2. The zero-order valence-corrected chi connectivity index (χ0v) is 11.2. The van der Waals surface area contributed by atoms with Crippen molar-refractivity contribution in [3.63, 3.8) is 0 Å². The predicted octanol–water partition coefficient (Wildman–Crippen LogP) is 2.02. The molecule has 0 aliphatic heterocycles. The number of aromatic amines is 1. The molecule has 18 heavy (non-hydrogen) atoms. The largest absolute Gasteiger partial charge is 0.489 e. The van der Waals surface area contributed by atoms with Gasteiger partial charge in [-0.1, -0.05) is 26.7 Å². The Morgan fingerprint density at radius 1 is 1.44 bits per heavy atom. The predicted molar refractivity (Wildman–Crippen MR) is 71.0 cm³/mol. The van der Waals surface area contributed by atoms with E-state index in [2.05, 4.69) is 29.1 Å². The van der Waals surface area contributed by atoms with Crippen molar-refractivity contribution in [1.29, 1.82) is 0 Å². The van der Waals surface area contributed by atoms with E-state index in [9.17, 15) is 4.79 Å². The third-order valence-corrected chi connectivity index (χ3v) is 4.04. The Hall–Kier alpha value is -1.52. The first-order chi connectivity index (χ1) is 8.63. The molecular weight excluding hydrogens is 230 g/mol. The van der Waals surface area contributed by atoms with Crippen LogP contribution < -0.4 is 15.6 Å². The quantitative estimate of drug-likeness (QED) is 0.862. The molecule has 1 saturated carbocycles. The van der Waals surface area contributed by atoms with Crippen molar-refractivity contribution in [3.8, 4) is 5.75 Å². The summed E-state index contributed by atoms with van der Waals surface area (Å²) in [5.74, 6) is 2.09. The Morgan fingerprint density at radius 2 is 2.22 bits per heavy atom. The van der Waals surface area contributed by atoms with Gasteiger partial charge in [0.05, 0.1) is 13.4 Å². The summed E-state index contributed by atoms with van der Waals surface area (Å²) in [7, 11) is 1.49. The summed E-state index contributed by atoms with van der Waals surface area (Å²) in [5, 5.41) is 3.37. The molecule has 5 nitrogen and oxygen atoms in total. The molecule has 1 heterocycles. The first-order valence-corrected chi connectivity index (χ1v) is 6.51. The van der Waals surface area contributed by atoms with Crippen LogP contribution in [0.2, 0.25) is 0 Å². The highest BCUT2D eigenvalue weighted by molar-refractivity contribution is 5.48. The molecule has 0 aromatic carbocycles. The molecule has 100 valence electrons. The van der Waals surface area contributed by atoms with Crippen LogP contribution in [0.3, 0.4) is 0 Å². The van der Waals surface area contributed by atoms with Crippen LogP contribution in [-0.2, 0) is 0 Å². The summed E-state index contributed by atoms with van der Waals surface area (Å²) >= 11 is 0. The van der Waals surface area contributed by atoms with E-state index in [1.807, 2.05) is 0 Å². The van der Waals surface area contributed by atoms with Crippen LogP contribution in [-0.4, -0.2) is 23.1 Å². The Morgan fingerprint density at radius 3 is 2.94 bits per heavy atom. The lowest BCUT2D eigenvalue weighted by Gasteiger charge is -2.35. The lowest BCUT2D eigenvalue weighted by Crippen LogP contribution is -2.35. The van der Waals surface area contributed by atoms with Gasteiger partial charge in [0.1, 0.15) is 0 Å².